The number of aromatic nitrogens is 3. The Morgan fingerprint density at radius 2 is 2.00 bits per heavy atom. The smallest absolute Gasteiger partial charge is 0.138 e. The van der Waals surface area contributed by atoms with Gasteiger partial charge in [-0.2, -0.15) is 5.26 Å². The summed E-state index contributed by atoms with van der Waals surface area (Å²) < 4.78 is 5.95. The number of aryl methyl sites for hydroxylation is 1. The zero-order valence-electron chi connectivity index (χ0n) is 14.6. The minimum atomic E-state index is 0.0696. The summed E-state index contributed by atoms with van der Waals surface area (Å²) >= 11 is 0. The first-order valence-electron chi connectivity index (χ1n) is 8.62. The molecule has 0 bridgehead atoms. The van der Waals surface area contributed by atoms with Crippen molar-refractivity contribution in [1.82, 2.24) is 15.0 Å². The van der Waals surface area contributed by atoms with Crippen LogP contribution in [-0.2, 0) is 0 Å². The monoisotopic (exact) mass is 345 g/mol. The number of hydrogen-bond acceptors (Lipinski definition) is 6. The molecule has 0 saturated heterocycles. The predicted octanol–water partition coefficient (Wildman–Crippen LogP) is 4.15. The molecule has 4 rings (SSSR count). The summed E-state index contributed by atoms with van der Waals surface area (Å²) in [6.45, 7) is 2.45. The number of fused-ring (bicyclic) bond motifs is 1. The van der Waals surface area contributed by atoms with Crippen LogP contribution < -0.4 is 10.1 Å². The summed E-state index contributed by atoms with van der Waals surface area (Å²) in [6.07, 6.45) is 7.96. The number of anilines is 2. The van der Waals surface area contributed by atoms with Crippen LogP contribution >= 0.6 is 0 Å². The maximum Gasteiger partial charge on any atom is 0.138 e. The predicted molar refractivity (Wildman–Crippen MR) is 99.2 cm³/mol. The van der Waals surface area contributed by atoms with E-state index in [1.54, 1.807) is 18.6 Å². The Kier molecular flexibility index (Phi) is 4.13. The van der Waals surface area contributed by atoms with Crippen LogP contribution in [-0.4, -0.2) is 21.6 Å². The number of benzene rings is 1. The Bertz CT molecular complexity index is 974. The number of pyridine rings is 1. The van der Waals surface area contributed by atoms with Gasteiger partial charge in [-0.05, 0) is 49.4 Å². The molecule has 0 atom stereocenters. The van der Waals surface area contributed by atoms with Crippen molar-refractivity contribution in [1.29, 1.82) is 5.26 Å². The molecule has 1 saturated carbocycles. The molecule has 0 spiro atoms. The number of nitriles is 1. The molecule has 3 aromatic rings. The Hall–Kier alpha value is -3.20. The summed E-state index contributed by atoms with van der Waals surface area (Å²) in [5.41, 5.74) is 0.864. The van der Waals surface area contributed by atoms with Crippen LogP contribution in [0, 0.1) is 23.7 Å². The first-order valence-corrected chi connectivity index (χ1v) is 8.62. The molecule has 1 aliphatic rings. The van der Waals surface area contributed by atoms with Crippen molar-refractivity contribution in [3.05, 3.63) is 48.7 Å². The largest absolute Gasteiger partial charge is 0.493 e. The lowest BCUT2D eigenvalue weighted by Crippen LogP contribution is -2.12. The highest BCUT2D eigenvalue weighted by atomic mass is 16.5. The Balaban J connectivity index is 1.54. The van der Waals surface area contributed by atoms with Gasteiger partial charge in [-0.15, -0.1) is 0 Å². The van der Waals surface area contributed by atoms with E-state index in [9.17, 15) is 0 Å². The molecule has 1 N–H and O–H groups in total. The zero-order chi connectivity index (χ0) is 18.0. The van der Waals surface area contributed by atoms with Crippen LogP contribution in [0.2, 0.25) is 0 Å². The van der Waals surface area contributed by atoms with Crippen molar-refractivity contribution in [2.75, 3.05) is 11.9 Å². The van der Waals surface area contributed by atoms with Crippen molar-refractivity contribution in [2.24, 2.45) is 5.41 Å². The first kappa shape index (κ1) is 16.3. The maximum atomic E-state index is 8.92. The summed E-state index contributed by atoms with van der Waals surface area (Å²) in [7, 11) is 0. The highest BCUT2D eigenvalue weighted by molar-refractivity contribution is 5.93. The lowest BCUT2D eigenvalue weighted by molar-refractivity contribution is 0.237. The maximum absolute atomic E-state index is 8.92. The van der Waals surface area contributed by atoms with E-state index in [4.69, 9.17) is 10.00 Å². The fraction of sp³-hybridized carbons (Fsp3) is 0.300. The van der Waals surface area contributed by atoms with E-state index in [-0.39, 0.29) is 5.41 Å². The molecule has 2 heterocycles. The average molecular weight is 345 g/mol. The molecular weight excluding hydrogens is 326 g/mol. The van der Waals surface area contributed by atoms with Crippen LogP contribution in [0.1, 0.15) is 25.1 Å². The SMILES string of the molecule is Cc1ncc(Nc2nccc3cc(OCC4(CC#N)CC4)ccc23)cn1. The van der Waals surface area contributed by atoms with Gasteiger partial charge in [0, 0.05) is 23.4 Å². The van der Waals surface area contributed by atoms with Gasteiger partial charge in [0.15, 0.2) is 0 Å². The normalized spacial score (nSPS) is 14.6. The van der Waals surface area contributed by atoms with Crippen molar-refractivity contribution < 1.29 is 4.74 Å². The molecule has 1 aliphatic carbocycles. The van der Waals surface area contributed by atoms with Crippen molar-refractivity contribution in [2.45, 2.75) is 26.2 Å². The number of ether oxygens (including phenoxy) is 1. The van der Waals surface area contributed by atoms with E-state index in [0.29, 0.717) is 13.0 Å². The Morgan fingerprint density at radius 1 is 1.19 bits per heavy atom. The van der Waals surface area contributed by atoms with E-state index >= 15 is 0 Å². The van der Waals surface area contributed by atoms with Gasteiger partial charge in [0.05, 0.1) is 30.8 Å². The van der Waals surface area contributed by atoms with Gasteiger partial charge in [0.2, 0.25) is 0 Å². The lowest BCUT2D eigenvalue weighted by Gasteiger charge is -2.14. The third-order valence-corrected chi connectivity index (χ3v) is 4.74. The molecule has 0 radical (unpaired) electrons. The standard InChI is InChI=1S/C20H19N5O/c1-14-23-11-16(12-24-14)25-19-18-3-2-17(10-15(18)4-9-22-19)26-13-20(5-6-20)7-8-21/h2-4,9-12H,5-7,13H2,1H3,(H,22,25). The Morgan fingerprint density at radius 3 is 2.73 bits per heavy atom. The summed E-state index contributed by atoms with van der Waals surface area (Å²) in [4.78, 5) is 12.8. The van der Waals surface area contributed by atoms with E-state index in [0.717, 1.165) is 46.7 Å². The van der Waals surface area contributed by atoms with Gasteiger partial charge in [0.1, 0.15) is 17.4 Å². The summed E-state index contributed by atoms with van der Waals surface area (Å²) in [5, 5.41) is 14.2. The fourth-order valence-electron chi connectivity index (χ4n) is 2.89. The van der Waals surface area contributed by atoms with E-state index < -0.39 is 0 Å². The third kappa shape index (κ3) is 3.42. The first-order chi connectivity index (χ1) is 12.7. The van der Waals surface area contributed by atoms with E-state index in [1.165, 1.54) is 0 Å². The van der Waals surface area contributed by atoms with Crippen LogP contribution in [0.3, 0.4) is 0 Å². The molecule has 1 aromatic carbocycles. The molecule has 2 aromatic heterocycles. The molecule has 0 aliphatic heterocycles. The minimum Gasteiger partial charge on any atom is -0.493 e. The van der Waals surface area contributed by atoms with Gasteiger partial charge >= 0.3 is 0 Å². The Labute approximate surface area is 151 Å². The molecule has 6 nitrogen and oxygen atoms in total. The average Bonchev–Trinajstić information content (AvgIpc) is 3.42. The van der Waals surface area contributed by atoms with Crippen LogP contribution in [0.25, 0.3) is 10.8 Å². The summed E-state index contributed by atoms with van der Waals surface area (Å²) in [6, 6.07) is 10.2. The van der Waals surface area contributed by atoms with Crippen LogP contribution in [0.15, 0.2) is 42.9 Å². The molecule has 1 fully saturated rings. The van der Waals surface area contributed by atoms with Crippen molar-refractivity contribution >= 4 is 22.3 Å². The number of nitrogens with one attached hydrogen (secondary N) is 1. The van der Waals surface area contributed by atoms with E-state index in [1.807, 2.05) is 31.2 Å². The van der Waals surface area contributed by atoms with E-state index in [2.05, 4.69) is 26.3 Å². The molecule has 0 unspecified atom stereocenters. The van der Waals surface area contributed by atoms with Gasteiger partial charge in [-0.25, -0.2) is 15.0 Å². The van der Waals surface area contributed by atoms with Gasteiger partial charge in [-0.3, -0.25) is 0 Å². The molecular formula is C20H19N5O. The highest BCUT2D eigenvalue weighted by Gasteiger charge is 2.43. The van der Waals surface area contributed by atoms with Crippen molar-refractivity contribution in [3.8, 4) is 11.8 Å². The second-order valence-corrected chi connectivity index (χ2v) is 6.81. The topological polar surface area (TPSA) is 83.7 Å². The van der Waals surface area contributed by atoms with Gasteiger partial charge in [-0.1, -0.05) is 0 Å². The quantitative estimate of drug-likeness (QED) is 0.722. The fourth-order valence-corrected chi connectivity index (χ4v) is 2.89. The molecule has 26 heavy (non-hydrogen) atoms. The zero-order valence-corrected chi connectivity index (χ0v) is 14.6. The molecule has 130 valence electrons. The van der Waals surface area contributed by atoms with Crippen LogP contribution in [0.4, 0.5) is 11.5 Å². The molecule has 6 heteroatoms. The number of hydrogen-bond donors (Lipinski definition) is 1. The van der Waals surface area contributed by atoms with Gasteiger partial charge in [0.25, 0.3) is 0 Å². The lowest BCUT2D eigenvalue weighted by atomic mass is 10.1. The molecule has 0 amide bonds. The number of nitrogens with zero attached hydrogens (tertiary/aromatic N) is 4. The van der Waals surface area contributed by atoms with Crippen LogP contribution in [0.5, 0.6) is 5.75 Å². The van der Waals surface area contributed by atoms with Crippen molar-refractivity contribution in [3.63, 3.8) is 0 Å². The highest BCUT2D eigenvalue weighted by Crippen LogP contribution is 2.48. The second kappa shape index (κ2) is 6.60. The summed E-state index contributed by atoms with van der Waals surface area (Å²) in [5.74, 6) is 2.30. The third-order valence-electron chi connectivity index (χ3n) is 4.74. The second-order valence-electron chi connectivity index (χ2n) is 6.81. The van der Waals surface area contributed by atoms with Gasteiger partial charge < -0.3 is 10.1 Å². The minimum absolute atomic E-state index is 0.0696. The number of rotatable bonds is 6.